The van der Waals surface area contributed by atoms with Crippen molar-refractivity contribution in [1.82, 2.24) is 4.98 Å². The summed E-state index contributed by atoms with van der Waals surface area (Å²) in [5, 5.41) is 16.4. The van der Waals surface area contributed by atoms with Gasteiger partial charge in [-0.2, -0.15) is 0 Å². The molecule has 0 spiro atoms. The van der Waals surface area contributed by atoms with E-state index in [0.717, 1.165) is 27.5 Å². The second-order valence-electron chi connectivity index (χ2n) is 5.16. The van der Waals surface area contributed by atoms with Crippen molar-refractivity contribution < 1.29 is 5.11 Å². The highest BCUT2D eigenvalue weighted by Crippen LogP contribution is 2.25. The zero-order valence-corrected chi connectivity index (χ0v) is 13.2. The van der Waals surface area contributed by atoms with Crippen LogP contribution in [0, 0.1) is 6.92 Å². The zero-order valence-electron chi connectivity index (χ0n) is 12.4. The number of anilines is 1. The first-order chi connectivity index (χ1) is 10.7. The first-order valence-corrected chi connectivity index (χ1v) is 8.10. The van der Waals surface area contributed by atoms with Crippen molar-refractivity contribution in [3.63, 3.8) is 0 Å². The number of thiazole rings is 1. The van der Waals surface area contributed by atoms with Gasteiger partial charge in [0.15, 0.2) is 5.13 Å². The van der Waals surface area contributed by atoms with E-state index < -0.39 is 6.10 Å². The third-order valence-corrected chi connectivity index (χ3v) is 4.37. The highest BCUT2D eigenvalue weighted by molar-refractivity contribution is 7.14. The van der Waals surface area contributed by atoms with Crippen LogP contribution in [-0.2, 0) is 0 Å². The first-order valence-electron chi connectivity index (χ1n) is 7.22. The lowest BCUT2D eigenvalue weighted by atomic mass is 10.0. The predicted octanol–water partition coefficient (Wildman–Crippen LogP) is 4.26. The Morgan fingerprint density at radius 2 is 1.82 bits per heavy atom. The van der Waals surface area contributed by atoms with Gasteiger partial charge in [0.25, 0.3) is 0 Å². The molecule has 1 unspecified atom stereocenters. The van der Waals surface area contributed by atoms with E-state index >= 15 is 0 Å². The van der Waals surface area contributed by atoms with E-state index in [2.05, 4.69) is 10.3 Å². The van der Waals surface area contributed by atoms with Gasteiger partial charge < -0.3 is 10.4 Å². The van der Waals surface area contributed by atoms with Crippen LogP contribution in [0.5, 0.6) is 0 Å². The summed E-state index contributed by atoms with van der Waals surface area (Å²) in [7, 11) is 0. The maximum absolute atomic E-state index is 10.3. The van der Waals surface area contributed by atoms with Gasteiger partial charge in [0.1, 0.15) is 0 Å². The Kier molecular flexibility index (Phi) is 4.51. The van der Waals surface area contributed by atoms with Crippen molar-refractivity contribution in [3.8, 4) is 11.3 Å². The van der Waals surface area contributed by atoms with Gasteiger partial charge in [-0.1, -0.05) is 54.6 Å². The average molecular weight is 310 g/mol. The summed E-state index contributed by atoms with van der Waals surface area (Å²) in [5.41, 5.74) is 4.11. The number of rotatable bonds is 5. The van der Waals surface area contributed by atoms with Crippen molar-refractivity contribution in [2.45, 2.75) is 13.0 Å². The molecule has 4 heteroatoms. The topological polar surface area (TPSA) is 45.1 Å². The Hall–Kier alpha value is -2.17. The van der Waals surface area contributed by atoms with Gasteiger partial charge in [0, 0.05) is 17.5 Å². The minimum atomic E-state index is -0.537. The van der Waals surface area contributed by atoms with Crippen molar-refractivity contribution in [2.24, 2.45) is 0 Å². The second-order valence-corrected chi connectivity index (χ2v) is 6.02. The number of benzene rings is 2. The number of hydrogen-bond acceptors (Lipinski definition) is 4. The maximum atomic E-state index is 10.3. The van der Waals surface area contributed by atoms with Crippen LogP contribution >= 0.6 is 11.3 Å². The quantitative estimate of drug-likeness (QED) is 0.740. The van der Waals surface area contributed by atoms with Crippen LogP contribution in [0.1, 0.15) is 17.2 Å². The van der Waals surface area contributed by atoms with Crippen LogP contribution in [-0.4, -0.2) is 16.6 Å². The molecule has 1 heterocycles. The number of aromatic nitrogens is 1. The number of aryl methyl sites for hydroxylation is 1. The highest BCUT2D eigenvalue weighted by Gasteiger charge is 2.11. The summed E-state index contributed by atoms with van der Waals surface area (Å²) in [4.78, 5) is 4.56. The molecule has 22 heavy (non-hydrogen) atoms. The van der Waals surface area contributed by atoms with E-state index in [-0.39, 0.29) is 0 Å². The van der Waals surface area contributed by atoms with Crippen LogP contribution in [0.15, 0.2) is 60.0 Å². The summed E-state index contributed by atoms with van der Waals surface area (Å²) in [6.45, 7) is 2.46. The third-order valence-electron chi connectivity index (χ3n) is 3.57. The molecule has 0 aliphatic rings. The maximum Gasteiger partial charge on any atom is 0.183 e. The number of aliphatic hydroxyl groups is 1. The molecule has 0 radical (unpaired) electrons. The van der Waals surface area contributed by atoms with Gasteiger partial charge in [0.05, 0.1) is 11.8 Å². The molecular weight excluding hydrogens is 292 g/mol. The summed E-state index contributed by atoms with van der Waals surface area (Å²) in [6, 6.07) is 18.0. The Morgan fingerprint density at radius 1 is 1.09 bits per heavy atom. The van der Waals surface area contributed by atoms with Crippen LogP contribution < -0.4 is 5.32 Å². The molecule has 0 saturated carbocycles. The first kappa shape index (κ1) is 14.8. The zero-order chi connectivity index (χ0) is 15.4. The number of hydrogen-bond donors (Lipinski definition) is 2. The van der Waals surface area contributed by atoms with E-state index in [4.69, 9.17) is 0 Å². The molecular formula is C18H18N2OS. The van der Waals surface area contributed by atoms with Gasteiger partial charge >= 0.3 is 0 Å². The lowest BCUT2D eigenvalue weighted by Crippen LogP contribution is -2.13. The second kappa shape index (κ2) is 6.73. The monoisotopic (exact) mass is 310 g/mol. The van der Waals surface area contributed by atoms with Gasteiger partial charge in [0.2, 0.25) is 0 Å². The SMILES string of the molecule is Cc1ccccc1C(O)CNc1nc(-c2ccccc2)cs1. The summed E-state index contributed by atoms with van der Waals surface area (Å²) < 4.78 is 0. The van der Waals surface area contributed by atoms with Crippen LogP contribution in [0.3, 0.4) is 0 Å². The minimum Gasteiger partial charge on any atom is -0.387 e. The number of nitrogens with zero attached hydrogens (tertiary/aromatic N) is 1. The Labute approximate surface area is 134 Å². The fourth-order valence-corrected chi connectivity index (χ4v) is 3.08. The Morgan fingerprint density at radius 3 is 2.59 bits per heavy atom. The summed E-state index contributed by atoms with van der Waals surface area (Å²) in [6.07, 6.45) is -0.537. The number of aliphatic hydroxyl groups excluding tert-OH is 1. The Balaban J connectivity index is 1.65. The molecule has 2 aromatic carbocycles. The molecule has 3 aromatic rings. The smallest absolute Gasteiger partial charge is 0.183 e. The molecule has 1 atom stereocenters. The normalized spacial score (nSPS) is 12.1. The van der Waals surface area contributed by atoms with Crippen molar-refractivity contribution in [2.75, 3.05) is 11.9 Å². The van der Waals surface area contributed by atoms with Gasteiger partial charge in [-0.3, -0.25) is 0 Å². The molecule has 0 saturated heterocycles. The van der Waals surface area contributed by atoms with Crippen LogP contribution in [0.25, 0.3) is 11.3 Å². The molecule has 0 amide bonds. The van der Waals surface area contributed by atoms with Crippen LogP contribution in [0.2, 0.25) is 0 Å². The molecule has 0 aliphatic carbocycles. The molecule has 3 nitrogen and oxygen atoms in total. The molecule has 0 fully saturated rings. The van der Waals surface area contributed by atoms with Crippen molar-refractivity contribution >= 4 is 16.5 Å². The van der Waals surface area contributed by atoms with Crippen molar-refractivity contribution in [3.05, 3.63) is 71.1 Å². The van der Waals surface area contributed by atoms with Gasteiger partial charge in [-0.05, 0) is 18.1 Å². The van der Waals surface area contributed by atoms with Gasteiger partial charge in [-0.15, -0.1) is 11.3 Å². The van der Waals surface area contributed by atoms with E-state index in [9.17, 15) is 5.11 Å². The van der Waals surface area contributed by atoms with Crippen molar-refractivity contribution in [1.29, 1.82) is 0 Å². The standard InChI is InChI=1S/C18H18N2OS/c1-13-7-5-6-10-15(13)17(21)11-19-18-20-16(12-22-18)14-8-3-2-4-9-14/h2-10,12,17,21H,11H2,1H3,(H,19,20). The molecule has 112 valence electrons. The summed E-state index contributed by atoms with van der Waals surface area (Å²) in [5.74, 6) is 0. The number of nitrogens with one attached hydrogen (secondary N) is 1. The average Bonchev–Trinajstić information content (AvgIpc) is 3.03. The lowest BCUT2D eigenvalue weighted by Gasteiger charge is -2.13. The molecule has 3 rings (SSSR count). The summed E-state index contributed by atoms with van der Waals surface area (Å²) >= 11 is 1.55. The van der Waals surface area contributed by atoms with Crippen LogP contribution in [0.4, 0.5) is 5.13 Å². The fraction of sp³-hybridized carbons (Fsp3) is 0.167. The fourth-order valence-electron chi connectivity index (χ4n) is 2.35. The van der Waals surface area contributed by atoms with E-state index in [1.165, 1.54) is 0 Å². The minimum absolute atomic E-state index is 0.451. The lowest BCUT2D eigenvalue weighted by molar-refractivity contribution is 0.191. The molecule has 0 bridgehead atoms. The highest BCUT2D eigenvalue weighted by atomic mass is 32.1. The van der Waals surface area contributed by atoms with Gasteiger partial charge in [-0.25, -0.2) is 4.98 Å². The molecule has 1 aromatic heterocycles. The predicted molar refractivity (Wildman–Crippen MR) is 92.2 cm³/mol. The molecule has 2 N–H and O–H groups in total. The van der Waals surface area contributed by atoms with E-state index in [1.807, 2.05) is 66.9 Å². The third kappa shape index (κ3) is 3.35. The Bertz CT molecular complexity index is 740. The van der Waals surface area contributed by atoms with E-state index in [1.54, 1.807) is 11.3 Å². The largest absolute Gasteiger partial charge is 0.387 e. The van der Waals surface area contributed by atoms with E-state index in [0.29, 0.717) is 6.54 Å². The molecule has 0 aliphatic heterocycles.